The number of hydrazine groups is 1. The van der Waals surface area contributed by atoms with E-state index in [-0.39, 0.29) is 0 Å². The van der Waals surface area contributed by atoms with Crippen LogP contribution in [0.5, 0.6) is 0 Å². The van der Waals surface area contributed by atoms with E-state index in [2.05, 4.69) is 130 Å². The van der Waals surface area contributed by atoms with Gasteiger partial charge in [-0.15, -0.1) is 11.3 Å². The third-order valence-corrected chi connectivity index (χ3v) is 9.23. The molecule has 0 bridgehead atoms. The van der Waals surface area contributed by atoms with Gasteiger partial charge >= 0.3 is 0 Å². The fourth-order valence-corrected chi connectivity index (χ4v) is 7.40. The summed E-state index contributed by atoms with van der Waals surface area (Å²) < 4.78 is 4.86. The smallest absolute Gasteiger partial charge is 0.0825 e. The third-order valence-electron chi connectivity index (χ3n) is 8.02. The predicted octanol–water partition coefficient (Wildman–Crippen LogP) is 9.69. The first-order valence-corrected chi connectivity index (χ1v) is 14.2. The summed E-state index contributed by atoms with van der Waals surface area (Å²) in [5.74, 6) is 0. The van der Waals surface area contributed by atoms with Gasteiger partial charge in [0.1, 0.15) is 0 Å². The van der Waals surface area contributed by atoms with E-state index in [0.717, 1.165) is 22.7 Å². The van der Waals surface area contributed by atoms with Crippen LogP contribution in [0.3, 0.4) is 0 Å². The number of thiophene rings is 1. The van der Waals surface area contributed by atoms with Crippen LogP contribution >= 0.6 is 11.3 Å². The van der Waals surface area contributed by atoms with Gasteiger partial charge in [0, 0.05) is 43.6 Å². The number of nitrogens with zero attached hydrogens (tertiary/aromatic N) is 3. The van der Waals surface area contributed by atoms with Crippen molar-refractivity contribution in [1.82, 2.24) is 9.55 Å². The molecule has 0 atom stereocenters. The van der Waals surface area contributed by atoms with E-state index in [0.29, 0.717) is 0 Å². The Morgan fingerprint density at radius 3 is 2.10 bits per heavy atom. The molecule has 1 aliphatic heterocycles. The van der Waals surface area contributed by atoms with Crippen LogP contribution in [-0.2, 0) is 0 Å². The maximum absolute atomic E-state index is 4.77. The number of benzene rings is 5. The summed E-state index contributed by atoms with van der Waals surface area (Å²) in [5.41, 5.74) is 13.0. The Labute approximate surface area is 234 Å². The number of rotatable bonds is 2. The molecule has 5 heteroatoms. The van der Waals surface area contributed by atoms with E-state index in [1.54, 1.807) is 0 Å². The fraction of sp³-hybridized carbons (Fsp3) is 0. The number of hydrogen-bond donors (Lipinski definition) is 1. The maximum Gasteiger partial charge on any atom is 0.0825 e. The minimum Gasteiger partial charge on any atom is -0.306 e. The first kappa shape index (κ1) is 21.8. The number of fused-ring (bicyclic) bond motifs is 9. The van der Waals surface area contributed by atoms with E-state index in [1.807, 2.05) is 23.7 Å². The van der Waals surface area contributed by atoms with E-state index in [4.69, 9.17) is 4.98 Å². The second kappa shape index (κ2) is 8.18. The Bertz CT molecular complexity index is 2220. The third kappa shape index (κ3) is 2.98. The molecule has 0 aliphatic carbocycles. The quantitative estimate of drug-likeness (QED) is 0.241. The first-order valence-electron chi connectivity index (χ1n) is 13.4. The Kier molecular flexibility index (Phi) is 4.45. The Balaban J connectivity index is 1.26. The monoisotopic (exact) mass is 530 g/mol. The standard InChI is InChI=1S/C35H22N4S/c1-5-13-29-23(9-1)24-10-4-8-16-32(24)39(37-29)22-17-18-34-27(19-22)28-20-36-21-33(35(28)40-34)38-30-14-6-2-11-25(30)26-12-3-7-15-31(26)38/h1-21,37H. The lowest BCUT2D eigenvalue weighted by atomic mass is 9.99. The van der Waals surface area contributed by atoms with Crippen LogP contribution in [0.25, 0.3) is 58.8 Å². The van der Waals surface area contributed by atoms with Crippen molar-refractivity contribution in [2.75, 3.05) is 10.4 Å². The number of anilines is 3. The zero-order valence-corrected chi connectivity index (χ0v) is 22.2. The molecule has 8 aromatic rings. The highest BCUT2D eigenvalue weighted by Crippen LogP contribution is 2.45. The molecule has 0 spiro atoms. The molecule has 5 aromatic carbocycles. The molecule has 1 aliphatic rings. The largest absolute Gasteiger partial charge is 0.306 e. The van der Waals surface area contributed by atoms with Gasteiger partial charge in [-0.05, 0) is 42.5 Å². The molecule has 0 saturated heterocycles. The van der Waals surface area contributed by atoms with Gasteiger partial charge in [-0.3, -0.25) is 15.4 Å². The number of nitrogens with one attached hydrogen (secondary N) is 1. The van der Waals surface area contributed by atoms with Gasteiger partial charge in [-0.25, -0.2) is 0 Å². The number of hydrogen-bond acceptors (Lipinski definition) is 4. The van der Waals surface area contributed by atoms with Crippen molar-refractivity contribution >= 4 is 70.4 Å². The number of para-hydroxylation sites is 4. The van der Waals surface area contributed by atoms with Crippen LogP contribution in [0.1, 0.15) is 0 Å². The van der Waals surface area contributed by atoms with Crippen LogP contribution < -0.4 is 10.4 Å². The van der Waals surface area contributed by atoms with Crippen molar-refractivity contribution < 1.29 is 0 Å². The zero-order chi connectivity index (χ0) is 26.2. The summed E-state index contributed by atoms with van der Waals surface area (Å²) in [6.45, 7) is 0. The molecular formula is C35H22N4S. The molecule has 0 fully saturated rings. The van der Waals surface area contributed by atoms with Gasteiger partial charge < -0.3 is 4.57 Å². The molecular weight excluding hydrogens is 508 g/mol. The molecule has 9 rings (SSSR count). The van der Waals surface area contributed by atoms with Gasteiger partial charge in [0.15, 0.2) is 0 Å². The van der Waals surface area contributed by atoms with Crippen molar-refractivity contribution in [3.05, 3.63) is 128 Å². The van der Waals surface area contributed by atoms with Gasteiger partial charge in [0.05, 0.1) is 44.7 Å². The Hall–Kier alpha value is -5.13. The Morgan fingerprint density at radius 1 is 0.575 bits per heavy atom. The van der Waals surface area contributed by atoms with Crippen molar-refractivity contribution in [2.24, 2.45) is 0 Å². The molecule has 0 radical (unpaired) electrons. The van der Waals surface area contributed by atoms with Gasteiger partial charge in [-0.1, -0.05) is 72.8 Å². The summed E-state index contributed by atoms with van der Waals surface area (Å²) in [6.07, 6.45) is 4.03. The van der Waals surface area contributed by atoms with Crippen molar-refractivity contribution in [3.63, 3.8) is 0 Å². The van der Waals surface area contributed by atoms with E-state index in [1.165, 1.54) is 53.1 Å². The molecule has 4 heterocycles. The summed E-state index contributed by atoms with van der Waals surface area (Å²) in [7, 11) is 0. The minimum atomic E-state index is 1.09. The average Bonchev–Trinajstić information content (AvgIpc) is 3.56. The lowest BCUT2D eigenvalue weighted by molar-refractivity contribution is 1.15. The molecule has 4 nitrogen and oxygen atoms in total. The summed E-state index contributed by atoms with van der Waals surface area (Å²) in [6, 6.07) is 41.1. The topological polar surface area (TPSA) is 33.1 Å². The minimum absolute atomic E-state index is 1.09. The van der Waals surface area contributed by atoms with Crippen molar-refractivity contribution in [3.8, 4) is 16.8 Å². The SMILES string of the molecule is c1ccc2c(c1)NN(c1ccc3sc4c(-n5c6ccccc6c6ccccc65)cncc4c3c1)c1ccccc1-2. The van der Waals surface area contributed by atoms with Crippen molar-refractivity contribution in [2.45, 2.75) is 0 Å². The fourth-order valence-electron chi connectivity index (χ4n) is 6.24. The molecule has 40 heavy (non-hydrogen) atoms. The normalized spacial score (nSPS) is 12.7. The maximum atomic E-state index is 4.77. The van der Waals surface area contributed by atoms with Gasteiger partial charge in [-0.2, -0.15) is 0 Å². The lowest BCUT2D eigenvalue weighted by Crippen LogP contribution is -2.28. The van der Waals surface area contributed by atoms with Crippen LogP contribution in [-0.4, -0.2) is 9.55 Å². The highest BCUT2D eigenvalue weighted by atomic mass is 32.1. The second-order valence-electron chi connectivity index (χ2n) is 10.2. The lowest BCUT2D eigenvalue weighted by Gasteiger charge is -2.34. The van der Waals surface area contributed by atoms with Gasteiger partial charge in [0.2, 0.25) is 0 Å². The van der Waals surface area contributed by atoms with Crippen LogP contribution in [0.4, 0.5) is 17.1 Å². The second-order valence-corrected chi connectivity index (χ2v) is 11.2. The van der Waals surface area contributed by atoms with E-state index >= 15 is 0 Å². The molecule has 1 N–H and O–H groups in total. The van der Waals surface area contributed by atoms with Crippen LogP contribution in [0.15, 0.2) is 128 Å². The van der Waals surface area contributed by atoms with E-state index < -0.39 is 0 Å². The molecule has 188 valence electrons. The van der Waals surface area contributed by atoms with Crippen LogP contribution in [0, 0.1) is 0 Å². The molecule has 0 unspecified atom stereocenters. The number of aromatic nitrogens is 2. The molecule has 0 amide bonds. The van der Waals surface area contributed by atoms with E-state index in [9.17, 15) is 0 Å². The molecule has 3 aromatic heterocycles. The highest BCUT2D eigenvalue weighted by molar-refractivity contribution is 7.26. The molecule has 0 saturated carbocycles. The average molecular weight is 531 g/mol. The highest BCUT2D eigenvalue weighted by Gasteiger charge is 2.23. The van der Waals surface area contributed by atoms with Crippen LogP contribution in [0.2, 0.25) is 0 Å². The zero-order valence-electron chi connectivity index (χ0n) is 21.4. The van der Waals surface area contributed by atoms with Crippen molar-refractivity contribution in [1.29, 1.82) is 0 Å². The first-order chi connectivity index (χ1) is 19.8. The summed E-state index contributed by atoms with van der Waals surface area (Å²) in [5, 5.41) is 7.10. The predicted molar refractivity (Wildman–Crippen MR) is 169 cm³/mol. The van der Waals surface area contributed by atoms with Gasteiger partial charge in [0.25, 0.3) is 0 Å². The summed E-state index contributed by atoms with van der Waals surface area (Å²) in [4.78, 5) is 4.77. The summed E-state index contributed by atoms with van der Waals surface area (Å²) >= 11 is 1.83. The number of pyridine rings is 1. The Morgan fingerprint density at radius 2 is 1.27 bits per heavy atom.